The van der Waals surface area contributed by atoms with Crippen LogP contribution in [0.3, 0.4) is 0 Å². The van der Waals surface area contributed by atoms with Gasteiger partial charge in [-0.05, 0) is 30.2 Å². The molecule has 190 valence electrons. The number of carbonyl (C=O) groups excluding carboxylic acids is 2. The summed E-state index contributed by atoms with van der Waals surface area (Å²) < 4.78 is 1.34. The van der Waals surface area contributed by atoms with E-state index in [0.29, 0.717) is 53.4 Å². The van der Waals surface area contributed by atoms with Crippen molar-refractivity contribution in [2.24, 2.45) is 0 Å². The van der Waals surface area contributed by atoms with Crippen molar-refractivity contribution in [3.05, 3.63) is 87.4 Å². The van der Waals surface area contributed by atoms with Gasteiger partial charge in [0.25, 0.3) is 11.5 Å². The van der Waals surface area contributed by atoms with Crippen LogP contribution in [0.2, 0.25) is 0 Å². The Labute approximate surface area is 218 Å². The van der Waals surface area contributed by atoms with Gasteiger partial charge in [0.1, 0.15) is 17.2 Å². The molecule has 0 spiro atoms. The van der Waals surface area contributed by atoms with Crippen LogP contribution in [0.1, 0.15) is 20.8 Å². The number of thiophene rings is 1. The average molecular weight is 517 g/mol. The minimum atomic E-state index is -0.302. The van der Waals surface area contributed by atoms with Crippen LogP contribution < -0.4 is 10.5 Å². The highest BCUT2D eigenvalue weighted by Crippen LogP contribution is 2.28. The normalized spacial score (nSPS) is 13.7. The van der Waals surface area contributed by atoms with Crippen molar-refractivity contribution >= 4 is 39.2 Å². The number of fused-ring (bicyclic) bond motifs is 1. The molecule has 0 unspecified atom stereocenters. The number of aromatic nitrogens is 3. The van der Waals surface area contributed by atoms with Gasteiger partial charge in [-0.1, -0.05) is 36.4 Å². The molecule has 0 saturated carbocycles. The Morgan fingerprint density at radius 3 is 2.43 bits per heavy atom. The maximum absolute atomic E-state index is 13.3. The second kappa shape index (κ2) is 10.5. The van der Waals surface area contributed by atoms with Gasteiger partial charge in [0, 0.05) is 46.0 Å². The number of amides is 2. The van der Waals surface area contributed by atoms with E-state index in [0.717, 1.165) is 11.4 Å². The van der Waals surface area contributed by atoms with E-state index in [1.165, 1.54) is 22.2 Å². The molecule has 2 amide bonds. The predicted octanol–water partition coefficient (Wildman–Crippen LogP) is 2.78. The molecule has 1 aromatic carbocycles. The molecule has 0 radical (unpaired) electrons. The molecular weight excluding hydrogens is 488 g/mol. The van der Waals surface area contributed by atoms with Gasteiger partial charge in [0.15, 0.2) is 0 Å². The number of hydrogen-bond donors (Lipinski definition) is 0. The van der Waals surface area contributed by atoms with E-state index in [4.69, 9.17) is 0 Å². The number of hydrogen-bond acceptors (Lipinski definition) is 7. The Kier molecular flexibility index (Phi) is 7.00. The van der Waals surface area contributed by atoms with Gasteiger partial charge in [-0.15, -0.1) is 11.3 Å². The fourth-order valence-electron chi connectivity index (χ4n) is 4.55. The van der Waals surface area contributed by atoms with Crippen molar-refractivity contribution in [2.75, 3.05) is 38.1 Å². The molecule has 37 heavy (non-hydrogen) atoms. The van der Waals surface area contributed by atoms with Gasteiger partial charge in [0.2, 0.25) is 5.91 Å². The van der Waals surface area contributed by atoms with Crippen LogP contribution in [0.25, 0.3) is 10.2 Å². The summed E-state index contributed by atoms with van der Waals surface area (Å²) in [7, 11) is 1.75. The summed E-state index contributed by atoms with van der Waals surface area (Å²) in [5, 5.41) is 0.400. The van der Waals surface area contributed by atoms with Crippen LogP contribution in [-0.4, -0.2) is 69.4 Å². The first-order valence-corrected chi connectivity index (χ1v) is 13.0. The first kappa shape index (κ1) is 24.6. The molecule has 4 heterocycles. The van der Waals surface area contributed by atoms with Gasteiger partial charge in [-0.2, -0.15) is 0 Å². The number of anilines is 1. The highest BCUT2D eigenvalue weighted by molar-refractivity contribution is 7.20. The lowest BCUT2D eigenvalue weighted by molar-refractivity contribution is -0.132. The largest absolute Gasteiger partial charge is 0.353 e. The third-order valence-corrected chi connectivity index (χ3v) is 7.82. The average Bonchev–Trinajstić information content (AvgIpc) is 3.27. The lowest BCUT2D eigenvalue weighted by Crippen LogP contribution is -2.50. The minimum Gasteiger partial charge on any atom is -0.353 e. The van der Waals surface area contributed by atoms with Gasteiger partial charge < -0.3 is 14.7 Å². The molecule has 5 rings (SSSR count). The van der Waals surface area contributed by atoms with E-state index in [1.54, 1.807) is 30.0 Å². The molecule has 0 bridgehead atoms. The quantitative estimate of drug-likeness (QED) is 0.391. The SMILES string of the molecule is Cc1c(C(=O)N(C)Cc2ccccc2)sc2ncn(CC(=O)N3CCN(c4ccccn4)CC3)c(=O)c12. The van der Waals surface area contributed by atoms with Crippen LogP contribution in [0.5, 0.6) is 0 Å². The molecule has 0 N–H and O–H groups in total. The second-order valence-corrected chi connectivity index (χ2v) is 10.1. The summed E-state index contributed by atoms with van der Waals surface area (Å²) in [4.78, 5) is 54.9. The van der Waals surface area contributed by atoms with Gasteiger partial charge in [-0.25, -0.2) is 9.97 Å². The van der Waals surface area contributed by atoms with E-state index in [9.17, 15) is 14.4 Å². The van der Waals surface area contributed by atoms with E-state index in [1.807, 2.05) is 48.5 Å². The zero-order valence-electron chi connectivity index (χ0n) is 20.8. The van der Waals surface area contributed by atoms with E-state index in [2.05, 4.69) is 14.9 Å². The maximum atomic E-state index is 13.3. The smallest absolute Gasteiger partial charge is 0.264 e. The Morgan fingerprint density at radius 1 is 1.00 bits per heavy atom. The van der Waals surface area contributed by atoms with Crippen LogP contribution in [-0.2, 0) is 17.9 Å². The zero-order chi connectivity index (χ0) is 25.9. The molecule has 0 atom stereocenters. The number of pyridine rings is 1. The van der Waals surface area contributed by atoms with Crippen molar-refractivity contribution in [1.82, 2.24) is 24.3 Å². The van der Waals surface area contributed by atoms with Crippen LogP contribution in [0, 0.1) is 6.92 Å². The molecule has 10 heteroatoms. The first-order valence-electron chi connectivity index (χ1n) is 12.1. The van der Waals surface area contributed by atoms with E-state index < -0.39 is 0 Å². The Balaban J connectivity index is 1.29. The van der Waals surface area contributed by atoms with Gasteiger partial charge in [-0.3, -0.25) is 19.0 Å². The van der Waals surface area contributed by atoms with Crippen molar-refractivity contribution < 1.29 is 9.59 Å². The molecule has 0 aliphatic carbocycles. The summed E-state index contributed by atoms with van der Waals surface area (Å²) in [6.07, 6.45) is 3.17. The van der Waals surface area contributed by atoms with Crippen molar-refractivity contribution in [3.8, 4) is 0 Å². The highest BCUT2D eigenvalue weighted by atomic mass is 32.1. The van der Waals surface area contributed by atoms with Gasteiger partial charge >= 0.3 is 0 Å². The van der Waals surface area contributed by atoms with Crippen molar-refractivity contribution in [2.45, 2.75) is 20.0 Å². The van der Waals surface area contributed by atoms with Crippen LogP contribution in [0.4, 0.5) is 5.82 Å². The molecule has 1 fully saturated rings. The molecular formula is C27H28N6O3S. The Hall–Kier alpha value is -4.05. The molecule has 1 saturated heterocycles. The monoisotopic (exact) mass is 516 g/mol. The zero-order valence-corrected chi connectivity index (χ0v) is 21.6. The lowest BCUT2D eigenvalue weighted by atomic mass is 10.2. The van der Waals surface area contributed by atoms with Crippen LogP contribution >= 0.6 is 11.3 Å². The second-order valence-electron chi connectivity index (χ2n) is 9.12. The van der Waals surface area contributed by atoms with E-state index in [-0.39, 0.29) is 23.9 Å². The van der Waals surface area contributed by atoms with Crippen molar-refractivity contribution in [3.63, 3.8) is 0 Å². The Morgan fingerprint density at radius 2 is 1.73 bits per heavy atom. The number of rotatable bonds is 6. The topological polar surface area (TPSA) is 91.6 Å². The molecule has 1 aliphatic rings. The van der Waals surface area contributed by atoms with Crippen molar-refractivity contribution in [1.29, 1.82) is 0 Å². The molecule has 1 aliphatic heterocycles. The number of carbonyl (C=O) groups is 2. The minimum absolute atomic E-state index is 0.0855. The molecule has 9 nitrogen and oxygen atoms in total. The first-order chi connectivity index (χ1) is 17.9. The number of aryl methyl sites for hydroxylation is 1. The summed E-state index contributed by atoms with van der Waals surface area (Å²) >= 11 is 1.22. The fraction of sp³-hybridized carbons (Fsp3) is 0.296. The molecule has 4 aromatic rings. The number of benzene rings is 1. The Bertz CT molecular complexity index is 1480. The molecule has 3 aromatic heterocycles. The third kappa shape index (κ3) is 5.10. The summed E-state index contributed by atoms with van der Waals surface area (Å²) in [6, 6.07) is 15.5. The predicted molar refractivity (Wildman–Crippen MR) is 144 cm³/mol. The lowest BCUT2D eigenvalue weighted by Gasteiger charge is -2.35. The highest BCUT2D eigenvalue weighted by Gasteiger charge is 2.25. The fourth-order valence-corrected chi connectivity index (χ4v) is 5.68. The maximum Gasteiger partial charge on any atom is 0.264 e. The van der Waals surface area contributed by atoms with Gasteiger partial charge in [0.05, 0.1) is 16.6 Å². The van der Waals surface area contributed by atoms with E-state index >= 15 is 0 Å². The number of piperazine rings is 1. The van der Waals surface area contributed by atoms with Crippen LogP contribution in [0.15, 0.2) is 65.8 Å². The standard InChI is InChI=1S/C27H28N6O3S/c1-19-23-25(37-24(19)27(36)30(2)16-20-8-4-3-5-9-20)29-18-33(26(23)35)17-22(34)32-14-12-31(13-15-32)21-10-6-7-11-28-21/h3-11,18H,12-17H2,1-2H3. The third-order valence-electron chi connectivity index (χ3n) is 6.63. The summed E-state index contributed by atoms with van der Waals surface area (Å²) in [5.41, 5.74) is 1.33. The summed E-state index contributed by atoms with van der Waals surface area (Å²) in [6.45, 7) is 4.63. The summed E-state index contributed by atoms with van der Waals surface area (Å²) in [5.74, 6) is 0.612. The number of nitrogens with zero attached hydrogens (tertiary/aromatic N) is 6.